The zero-order valence-corrected chi connectivity index (χ0v) is 18.3. The van der Waals surface area contributed by atoms with Crippen molar-refractivity contribution < 1.29 is 28.6 Å². The van der Waals surface area contributed by atoms with Crippen molar-refractivity contribution in [3.05, 3.63) is 22.5 Å². The maximum Gasteiger partial charge on any atom is 0.404 e. The molecule has 11 nitrogen and oxygen atoms in total. The molecule has 0 saturated carbocycles. The van der Waals surface area contributed by atoms with E-state index in [1.165, 1.54) is 0 Å². The molecular weight excluding hydrogens is 418 g/mol. The number of ether oxygens (including phenoxy) is 3. The van der Waals surface area contributed by atoms with Crippen LogP contribution in [0.2, 0.25) is 0 Å². The minimum Gasteiger partial charge on any atom is -0.449 e. The van der Waals surface area contributed by atoms with E-state index in [1.54, 1.807) is 14.0 Å². The number of ketones is 2. The summed E-state index contributed by atoms with van der Waals surface area (Å²) in [7, 11) is 1.56. The normalized spacial score (nSPS) is 33.9. The van der Waals surface area contributed by atoms with Crippen LogP contribution in [0.1, 0.15) is 6.92 Å². The monoisotopic (exact) mass is 447 g/mol. The molecule has 0 unspecified atom stereocenters. The predicted molar refractivity (Wildman–Crippen MR) is 111 cm³/mol. The third-order valence-corrected chi connectivity index (χ3v) is 7.26. The van der Waals surface area contributed by atoms with Crippen molar-refractivity contribution in [2.45, 2.75) is 24.7 Å². The summed E-state index contributed by atoms with van der Waals surface area (Å²) < 4.78 is 16.5. The third kappa shape index (κ3) is 3.06. The van der Waals surface area contributed by atoms with Crippen LogP contribution in [0.3, 0.4) is 0 Å². The number of hydrogen-bond donors (Lipinski definition) is 3. The molecule has 3 saturated heterocycles. The van der Waals surface area contributed by atoms with Gasteiger partial charge in [-0.2, -0.15) is 0 Å². The van der Waals surface area contributed by atoms with Crippen LogP contribution >= 0.6 is 0 Å². The van der Waals surface area contributed by atoms with E-state index in [4.69, 9.17) is 19.9 Å². The van der Waals surface area contributed by atoms with Gasteiger partial charge in [0, 0.05) is 57.0 Å². The maximum atomic E-state index is 13.7. The summed E-state index contributed by atoms with van der Waals surface area (Å²) in [5.74, 6) is -1.07. The van der Waals surface area contributed by atoms with Crippen molar-refractivity contribution in [3.63, 3.8) is 0 Å². The Morgan fingerprint density at radius 2 is 2.06 bits per heavy atom. The highest BCUT2D eigenvalue weighted by atomic mass is 16.6. The Balaban J connectivity index is 1.41. The number of carbonyl (C=O) groups excluding carboxylic acids is 3. The van der Waals surface area contributed by atoms with Crippen LogP contribution in [-0.2, 0) is 23.8 Å². The zero-order valence-electron chi connectivity index (χ0n) is 18.3. The first-order valence-electron chi connectivity index (χ1n) is 11.0. The van der Waals surface area contributed by atoms with Gasteiger partial charge in [-0.15, -0.1) is 0 Å². The number of methoxy groups -OCH3 is 1. The van der Waals surface area contributed by atoms with Crippen LogP contribution < -0.4 is 16.4 Å². The van der Waals surface area contributed by atoms with E-state index < -0.39 is 17.7 Å². The number of fused-ring (bicyclic) bond motifs is 4. The number of amides is 1. The Hall–Kier alpha value is -2.47. The maximum absolute atomic E-state index is 13.7. The Labute approximate surface area is 185 Å². The number of nitrogens with two attached hydrogens (primary N) is 1. The fourth-order valence-corrected chi connectivity index (χ4v) is 5.67. The van der Waals surface area contributed by atoms with Gasteiger partial charge >= 0.3 is 6.09 Å². The quantitative estimate of drug-likeness (QED) is 0.305. The van der Waals surface area contributed by atoms with Gasteiger partial charge in [-0.25, -0.2) is 4.79 Å². The molecule has 5 aliphatic rings. The summed E-state index contributed by atoms with van der Waals surface area (Å²) in [4.78, 5) is 42.6. The first kappa shape index (κ1) is 21.4. The predicted octanol–water partition coefficient (Wildman–Crippen LogP) is -1.69. The molecule has 174 valence electrons. The van der Waals surface area contributed by atoms with Gasteiger partial charge in [-0.05, 0) is 6.92 Å². The smallest absolute Gasteiger partial charge is 0.404 e. The summed E-state index contributed by atoms with van der Waals surface area (Å²) in [5, 5.41) is 6.55. The topological polar surface area (TPSA) is 145 Å². The molecule has 3 fully saturated rings. The fourth-order valence-electron chi connectivity index (χ4n) is 5.67. The minimum atomic E-state index is -0.959. The number of allylic oxidation sites excluding steroid dienone is 2. The SMILES string of the molecule is CO[C@@]12[C@H](COC(N)=O)C3=C(C(=O)C(C)=C(NCCN4CCOCC4)C3=O)N1C[C@@H]1N[C@@H]12. The summed E-state index contributed by atoms with van der Waals surface area (Å²) in [6, 6.07) is 0.110. The number of Topliss-reactive ketones (excluding diaryl/α,β-unsaturated/α-hetero) is 2. The lowest BCUT2D eigenvalue weighted by Gasteiger charge is -2.39. The molecule has 4 N–H and O–H groups in total. The lowest BCUT2D eigenvalue weighted by molar-refractivity contribution is -0.137. The average Bonchev–Trinajstić information content (AvgIpc) is 3.40. The second-order valence-corrected chi connectivity index (χ2v) is 8.80. The molecule has 5 rings (SSSR count). The molecule has 0 spiro atoms. The average molecular weight is 447 g/mol. The Kier molecular flexibility index (Phi) is 5.24. The molecule has 0 aromatic carbocycles. The van der Waals surface area contributed by atoms with Gasteiger partial charge < -0.3 is 35.5 Å². The van der Waals surface area contributed by atoms with Crippen LogP contribution in [0.25, 0.3) is 0 Å². The standard InChI is InChI=1S/C21H29N5O6/c1-11-15(23-3-4-25-5-7-31-8-6-25)18(28)14-12(10-32-20(22)29)21(30-2)19-13(24-19)9-26(21)16(14)17(11)27/h12-13,19,23-24H,3-10H2,1-2H3,(H2,22,29)/t12-,13+,19+,21-/m1/s1. The molecule has 32 heavy (non-hydrogen) atoms. The Bertz CT molecular complexity index is 926. The third-order valence-electron chi connectivity index (χ3n) is 7.26. The van der Waals surface area contributed by atoms with Crippen LogP contribution in [0, 0.1) is 5.92 Å². The fraction of sp³-hybridized carbons (Fsp3) is 0.667. The number of rotatable bonds is 7. The van der Waals surface area contributed by atoms with Gasteiger partial charge in [0.15, 0.2) is 5.72 Å². The molecule has 0 radical (unpaired) electrons. The lowest BCUT2D eigenvalue weighted by atomic mass is 9.82. The number of nitrogens with one attached hydrogen (secondary N) is 2. The number of primary amides is 1. The minimum absolute atomic E-state index is 0.0572. The lowest BCUT2D eigenvalue weighted by Crippen LogP contribution is -2.55. The molecule has 0 aromatic rings. The number of morpholine rings is 1. The van der Waals surface area contributed by atoms with Crippen molar-refractivity contribution in [3.8, 4) is 0 Å². The number of carbonyl (C=O) groups is 3. The molecule has 4 aliphatic heterocycles. The highest BCUT2D eigenvalue weighted by Gasteiger charge is 2.72. The van der Waals surface area contributed by atoms with E-state index >= 15 is 0 Å². The zero-order chi connectivity index (χ0) is 22.6. The first-order valence-corrected chi connectivity index (χ1v) is 11.0. The van der Waals surface area contributed by atoms with E-state index in [9.17, 15) is 14.4 Å². The first-order chi connectivity index (χ1) is 15.4. The number of hydrogen-bond acceptors (Lipinski definition) is 10. The summed E-state index contributed by atoms with van der Waals surface area (Å²) >= 11 is 0. The Morgan fingerprint density at radius 1 is 1.31 bits per heavy atom. The highest BCUT2D eigenvalue weighted by Crippen LogP contribution is 2.55. The van der Waals surface area contributed by atoms with Gasteiger partial charge in [-0.3, -0.25) is 14.5 Å². The van der Waals surface area contributed by atoms with Gasteiger partial charge in [-0.1, -0.05) is 0 Å². The van der Waals surface area contributed by atoms with E-state index in [-0.39, 0.29) is 30.3 Å². The van der Waals surface area contributed by atoms with E-state index in [0.29, 0.717) is 48.8 Å². The van der Waals surface area contributed by atoms with Crippen LogP contribution in [-0.4, -0.2) is 105 Å². The van der Waals surface area contributed by atoms with Crippen LogP contribution in [0.4, 0.5) is 4.79 Å². The van der Waals surface area contributed by atoms with Gasteiger partial charge in [0.2, 0.25) is 11.6 Å². The summed E-state index contributed by atoms with van der Waals surface area (Å²) in [6.07, 6.45) is -0.930. The van der Waals surface area contributed by atoms with E-state index in [0.717, 1.165) is 19.6 Å². The van der Waals surface area contributed by atoms with E-state index in [1.807, 2.05) is 4.90 Å². The number of piperazine rings is 1. The van der Waals surface area contributed by atoms with Crippen molar-refractivity contribution in [2.24, 2.45) is 11.7 Å². The molecule has 0 bridgehead atoms. The second-order valence-electron chi connectivity index (χ2n) is 8.80. The second kappa shape index (κ2) is 7.84. The molecule has 4 heterocycles. The molecule has 1 aliphatic carbocycles. The summed E-state index contributed by atoms with van der Waals surface area (Å²) in [6.45, 7) is 6.44. The van der Waals surface area contributed by atoms with Gasteiger partial charge in [0.25, 0.3) is 0 Å². The van der Waals surface area contributed by atoms with Crippen LogP contribution in [0.15, 0.2) is 22.5 Å². The molecule has 0 aromatic heterocycles. The molecular formula is C21H29N5O6. The Morgan fingerprint density at radius 3 is 2.75 bits per heavy atom. The van der Waals surface area contributed by atoms with Crippen molar-refractivity contribution in [1.29, 1.82) is 0 Å². The highest BCUT2D eigenvalue weighted by molar-refractivity contribution is 6.25. The molecule has 11 heteroatoms. The van der Waals surface area contributed by atoms with Crippen LogP contribution in [0.5, 0.6) is 0 Å². The number of nitrogens with zero attached hydrogens (tertiary/aromatic N) is 2. The van der Waals surface area contributed by atoms with Crippen molar-refractivity contribution in [2.75, 3.05) is 59.7 Å². The van der Waals surface area contributed by atoms with Gasteiger partial charge in [0.05, 0.1) is 36.6 Å². The van der Waals surface area contributed by atoms with Gasteiger partial charge in [0.1, 0.15) is 6.61 Å². The van der Waals surface area contributed by atoms with E-state index in [2.05, 4.69) is 15.5 Å². The van der Waals surface area contributed by atoms with Crippen molar-refractivity contribution >= 4 is 17.7 Å². The summed E-state index contributed by atoms with van der Waals surface area (Å²) in [5.41, 5.74) is 5.66. The molecule has 4 atom stereocenters. The molecule has 1 amide bonds. The largest absolute Gasteiger partial charge is 0.449 e. The van der Waals surface area contributed by atoms with Crippen molar-refractivity contribution in [1.82, 2.24) is 20.4 Å².